The number of rotatable bonds is 4. The average Bonchev–Trinajstić information content (AvgIpc) is 3.12. The lowest BCUT2D eigenvalue weighted by Crippen LogP contribution is -2.03. The van der Waals surface area contributed by atoms with Gasteiger partial charge in [0.15, 0.2) is 0 Å². The van der Waals surface area contributed by atoms with Crippen LogP contribution in [0.3, 0.4) is 0 Å². The van der Waals surface area contributed by atoms with Gasteiger partial charge in [-0.25, -0.2) is 9.78 Å². The summed E-state index contributed by atoms with van der Waals surface area (Å²) in [6.07, 6.45) is 1.69. The lowest BCUT2D eigenvalue weighted by molar-refractivity contribution is 0.563. The molecule has 0 amide bonds. The van der Waals surface area contributed by atoms with Gasteiger partial charge in [0.25, 0.3) is 0 Å². The third-order valence-corrected chi connectivity index (χ3v) is 5.23. The maximum Gasteiger partial charge on any atom is 0.345 e. The fourth-order valence-electron chi connectivity index (χ4n) is 2.43. The highest BCUT2D eigenvalue weighted by Gasteiger charge is 2.11. The molecular weight excluding hydrogens is 450 g/mol. The van der Waals surface area contributed by atoms with Crippen LogP contribution in [0.5, 0.6) is 0 Å². The van der Waals surface area contributed by atoms with Gasteiger partial charge < -0.3 is 4.42 Å². The minimum Gasteiger partial charge on any atom is -0.422 e. The van der Waals surface area contributed by atoms with Crippen molar-refractivity contribution in [3.63, 3.8) is 0 Å². The van der Waals surface area contributed by atoms with E-state index in [-0.39, 0.29) is 0 Å². The second kappa shape index (κ2) is 7.64. The Bertz CT molecular complexity index is 1200. The maximum absolute atomic E-state index is 12.3. The number of fused-ring (bicyclic) bond motifs is 1. The Hall–Kier alpha value is -2.48. The van der Waals surface area contributed by atoms with Crippen molar-refractivity contribution in [3.05, 3.63) is 79.4 Å². The van der Waals surface area contributed by atoms with Gasteiger partial charge in [-0.3, -0.25) is 5.43 Å². The minimum atomic E-state index is -0.444. The van der Waals surface area contributed by atoms with Crippen molar-refractivity contribution in [1.82, 2.24) is 4.98 Å². The average molecular weight is 461 g/mol. The van der Waals surface area contributed by atoms with Crippen LogP contribution in [0, 0.1) is 0 Å². The third-order valence-electron chi connectivity index (χ3n) is 3.72. The molecule has 27 heavy (non-hydrogen) atoms. The largest absolute Gasteiger partial charge is 0.422 e. The third kappa shape index (κ3) is 4.10. The van der Waals surface area contributed by atoms with Gasteiger partial charge in [0, 0.05) is 20.3 Å². The predicted molar refractivity (Wildman–Crippen MR) is 114 cm³/mol. The lowest BCUT2D eigenvalue weighted by Gasteiger charge is -2.00. The smallest absolute Gasteiger partial charge is 0.345 e. The zero-order valence-corrected chi connectivity index (χ0v) is 16.8. The summed E-state index contributed by atoms with van der Waals surface area (Å²) < 4.78 is 6.36. The first-order chi connectivity index (χ1) is 13.1. The molecule has 0 spiro atoms. The van der Waals surface area contributed by atoms with Gasteiger partial charge in [-0.15, -0.1) is 11.3 Å². The molecule has 0 atom stereocenters. The molecule has 5 nitrogen and oxygen atoms in total. The molecule has 0 aliphatic heterocycles. The Kier molecular flexibility index (Phi) is 5.07. The topological polar surface area (TPSA) is 67.5 Å². The van der Waals surface area contributed by atoms with Crippen molar-refractivity contribution in [2.75, 3.05) is 5.43 Å². The molecule has 1 N–H and O–H groups in total. The molecule has 0 fully saturated rings. The number of nitrogens with one attached hydrogen (secondary N) is 1. The summed E-state index contributed by atoms with van der Waals surface area (Å²) >= 11 is 10.8. The number of anilines is 1. The van der Waals surface area contributed by atoms with E-state index in [0.717, 1.165) is 15.4 Å². The lowest BCUT2D eigenvalue weighted by atomic mass is 10.1. The monoisotopic (exact) mass is 459 g/mol. The van der Waals surface area contributed by atoms with Crippen LogP contribution < -0.4 is 11.1 Å². The van der Waals surface area contributed by atoms with E-state index in [1.165, 1.54) is 11.3 Å². The quantitative estimate of drug-likeness (QED) is 0.238. The summed E-state index contributed by atoms with van der Waals surface area (Å²) in [7, 11) is 0. The van der Waals surface area contributed by atoms with Crippen molar-refractivity contribution in [1.29, 1.82) is 0 Å². The normalized spacial score (nSPS) is 11.3. The van der Waals surface area contributed by atoms with Crippen LogP contribution in [0.15, 0.2) is 72.7 Å². The van der Waals surface area contributed by atoms with E-state index >= 15 is 0 Å². The molecule has 0 saturated heterocycles. The first-order valence-corrected chi connectivity index (χ1v) is 9.87. The molecule has 0 aliphatic carbocycles. The van der Waals surface area contributed by atoms with E-state index in [4.69, 9.17) is 16.0 Å². The van der Waals surface area contributed by atoms with Crippen molar-refractivity contribution in [2.45, 2.75) is 0 Å². The number of nitrogens with zero attached hydrogens (tertiary/aromatic N) is 2. The highest BCUT2D eigenvalue weighted by Crippen LogP contribution is 2.26. The number of aromatic nitrogens is 1. The Morgan fingerprint density at radius 2 is 2.00 bits per heavy atom. The summed E-state index contributed by atoms with van der Waals surface area (Å²) in [6, 6.07) is 14.6. The van der Waals surface area contributed by atoms with E-state index in [9.17, 15) is 4.79 Å². The maximum atomic E-state index is 12.3. The Morgan fingerprint density at radius 1 is 1.19 bits per heavy atom. The minimum absolute atomic E-state index is 0.381. The molecule has 0 aliphatic rings. The summed E-state index contributed by atoms with van der Waals surface area (Å²) in [5.41, 5.74) is 4.78. The van der Waals surface area contributed by atoms with E-state index < -0.39 is 5.63 Å². The molecule has 0 unspecified atom stereocenters. The fraction of sp³-hybridized carbons (Fsp3) is 0. The van der Waals surface area contributed by atoms with Crippen LogP contribution in [0.1, 0.15) is 5.56 Å². The van der Waals surface area contributed by atoms with Crippen LogP contribution in [0.2, 0.25) is 5.02 Å². The van der Waals surface area contributed by atoms with E-state index in [1.54, 1.807) is 35.9 Å². The number of thiazole rings is 1. The van der Waals surface area contributed by atoms with Crippen molar-refractivity contribution in [3.8, 4) is 11.3 Å². The van der Waals surface area contributed by atoms with Crippen LogP contribution in [0.25, 0.3) is 22.2 Å². The fourth-order valence-corrected chi connectivity index (χ4v) is 3.54. The Labute approximate surface area is 171 Å². The van der Waals surface area contributed by atoms with Gasteiger partial charge >= 0.3 is 5.63 Å². The Balaban J connectivity index is 1.57. The summed E-state index contributed by atoms with van der Waals surface area (Å²) in [4.78, 5) is 16.7. The standard InChI is InChI=1S/C19H11BrClN3O2S/c20-13-3-1-11(2-4-13)9-22-24-19-23-16(10-27-19)15-8-12-7-14(21)5-6-17(12)26-18(15)25/h1-10H,(H,23,24)/b22-9+. The van der Waals surface area contributed by atoms with Gasteiger partial charge in [0.05, 0.1) is 17.5 Å². The molecule has 134 valence electrons. The summed E-state index contributed by atoms with van der Waals surface area (Å²) in [5, 5.41) is 7.84. The SMILES string of the molecule is O=c1oc2ccc(Cl)cc2cc1-c1csc(N/N=C/c2ccc(Br)cc2)n1. The van der Waals surface area contributed by atoms with Crippen LogP contribution in [0.4, 0.5) is 5.13 Å². The highest BCUT2D eigenvalue weighted by molar-refractivity contribution is 9.10. The van der Waals surface area contributed by atoms with Gasteiger partial charge in [0.2, 0.25) is 5.13 Å². The second-order valence-corrected chi connectivity index (χ2v) is 7.80. The molecule has 2 aromatic heterocycles. The molecule has 2 heterocycles. The first kappa shape index (κ1) is 17.9. The number of hydrogen-bond acceptors (Lipinski definition) is 6. The number of hydrazone groups is 1. The second-order valence-electron chi connectivity index (χ2n) is 5.59. The van der Waals surface area contributed by atoms with Gasteiger partial charge in [0.1, 0.15) is 5.58 Å². The highest BCUT2D eigenvalue weighted by atomic mass is 79.9. The van der Waals surface area contributed by atoms with Gasteiger partial charge in [-0.2, -0.15) is 5.10 Å². The molecule has 2 aromatic carbocycles. The zero-order valence-electron chi connectivity index (χ0n) is 13.6. The molecule has 0 saturated carbocycles. The Morgan fingerprint density at radius 3 is 2.81 bits per heavy atom. The summed E-state index contributed by atoms with van der Waals surface area (Å²) in [6.45, 7) is 0. The van der Waals surface area contributed by atoms with Crippen molar-refractivity contribution in [2.24, 2.45) is 5.10 Å². The molecular formula is C19H11BrClN3O2S. The van der Waals surface area contributed by atoms with E-state index in [2.05, 4.69) is 31.4 Å². The molecule has 4 aromatic rings. The first-order valence-electron chi connectivity index (χ1n) is 7.82. The van der Waals surface area contributed by atoms with Gasteiger partial charge in [-0.1, -0.05) is 39.7 Å². The van der Waals surface area contributed by atoms with Gasteiger partial charge in [-0.05, 0) is 42.0 Å². The number of benzene rings is 2. The van der Waals surface area contributed by atoms with E-state index in [0.29, 0.717) is 27.0 Å². The molecule has 0 bridgehead atoms. The molecule has 0 radical (unpaired) electrons. The van der Waals surface area contributed by atoms with Crippen LogP contribution >= 0.6 is 38.9 Å². The van der Waals surface area contributed by atoms with Crippen LogP contribution in [-0.2, 0) is 0 Å². The summed E-state index contributed by atoms with van der Waals surface area (Å²) in [5.74, 6) is 0. The molecule has 8 heteroatoms. The number of hydrogen-bond donors (Lipinski definition) is 1. The van der Waals surface area contributed by atoms with Crippen molar-refractivity contribution < 1.29 is 4.42 Å². The predicted octanol–water partition coefficient (Wildman–Crippen LogP) is 5.78. The zero-order chi connectivity index (χ0) is 18.8. The molecule has 4 rings (SSSR count). The van der Waals surface area contributed by atoms with Crippen molar-refractivity contribution >= 4 is 61.2 Å². The van der Waals surface area contributed by atoms with E-state index in [1.807, 2.05) is 24.3 Å². The number of halogens is 2. The van der Waals surface area contributed by atoms with Crippen LogP contribution in [-0.4, -0.2) is 11.2 Å².